The number of carboxylic acids is 1. The maximum atomic E-state index is 12.8. The Labute approximate surface area is 137 Å². The topological polar surface area (TPSA) is 75.6 Å². The molecule has 1 amide bonds. The summed E-state index contributed by atoms with van der Waals surface area (Å²) in [5, 5.41) is 10.8. The molecule has 1 rings (SSSR count). The summed E-state index contributed by atoms with van der Waals surface area (Å²) < 4.78 is 43.5. The molecule has 5 nitrogen and oxygen atoms in total. The Kier molecular flexibility index (Phi) is 6.07. The zero-order valence-corrected chi connectivity index (χ0v) is 14.4. The third kappa shape index (κ3) is 6.92. The molecular formula is C14H16F3NO4Se. The minimum absolute atomic E-state index is 0.119. The fraction of sp³-hybridized carbons (Fsp3) is 0.429. The number of amides is 1. The van der Waals surface area contributed by atoms with E-state index in [0.717, 1.165) is 18.2 Å². The second-order valence-electron chi connectivity index (χ2n) is 5.52. The molecule has 9 heteroatoms. The summed E-state index contributed by atoms with van der Waals surface area (Å²) >= 11 is -0.766. The van der Waals surface area contributed by atoms with Gasteiger partial charge in [-0.25, -0.2) is 0 Å². The van der Waals surface area contributed by atoms with Gasteiger partial charge in [0.15, 0.2) is 0 Å². The number of hydrogen-bond donors (Lipinski definition) is 2. The zero-order chi connectivity index (χ0) is 17.8. The second-order valence-corrected chi connectivity index (χ2v) is 7.65. The van der Waals surface area contributed by atoms with Crippen molar-refractivity contribution >= 4 is 37.2 Å². The van der Waals surface area contributed by atoms with Crippen LogP contribution in [0.25, 0.3) is 0 Å². The fourth-order valence-corrected chi connectivity index (χ4v) is 3.08. The predicted molar refractivity (Wildman–Crippen MR) is 79.1 cm³/mol. The number of aliphatic carboxylic acids is 1. The van der Waals surface area contributed by atoms with Gasteiger partial charge in [-0.3, -0.25) is 0 Å². The molecule has 0 radical (unpaired) electrons. The van der Waals surface area contributed by atoms with Crippen LogP contribution >= 0.6 is 0 Å². The fourth-order valence-electron chi connectivity index (χ4n) is 1.47. The number of benzene rings is 1. The van der Waals surface area contributed by atoms with E-state index in [1.54, 1.807) is 20.8 Å². The first-order chi connectivity index (χ1) is 10.4. The van der Waals surface area contributed by atoms with E-state index >= 15 is 0 Å². The van der Waals surface area contributed by atoms with Gasteiger partial charge in [0.1, 0.15) is 0 Å². The van der Waals surface area contributed by atoms with Crippen LogP contribution in [0, 0.1) is 0 Å². The van der Waals surface area contributed by atoms with Gasteiger partial charge in [-0.05, 0) is 0 Å². The standard InChI is InChI=1S/C14H16F3NO4Se/c1-13(2,3)22-12(21)18-9-5-4-8(14(15,16)17)6-10(9)23-7-11(19)20/h4-6H,7H2,1-3H3,(H,18,21)(H,19,20). The van der Waals surface area contributed by atoms with Gasteiger partial charge in [0.25, 0.3) is 0 Å². The SMILES string of the molecule is CC(C)(C)OC(=O)Nc1ccc(C(F)(F)F)cc1[Se]CC(=O)O. The first kappa shape index (κ1) is 19.3. The van der Waals surface area contributed by atoms with Crippen LogP contribution in [0.3, 0.4) is 0 Å². The second kappa shape index (κ2) is 7.23. The van der Waals surface area contributed by atoms with Crippen molar-refractivity contribution in [1.29, 1.82) is 0 Å². The molecule has 0 spiro atoms. The van der Waals surface area contributed by atoms with Crippen molar-refractivity contribution in [2.24, 2.45) is 0 Å². The van der Waals surface area contributed by atoms with Crippen molar-refractivity contribution in [2.75, 3.05) is 5.32 Å². The molecule has 1 aromatic rings. The van der Waals surface area contributed by atoms with Crippen LogP contribution in [0.1, 0.15) is 26.3 Å². The zero-order valence-electron chi connectivity index (χ0n) is 12.7. The number of hydrogen-bond acceptors (Lipinski definition) is 3. The van der Waals surface area contributed by atoms with Gasteiger partial charge in [0.2, 0.25) is 0 Å². The summed E-state index contributed by atoms with van der Waals surface area (Å²) in [4.78, 5) is 22.4. The molecular weight excluding hydrogens is 382 g/mol. The van der Waals surface area contributed by atoms with Crippen molar-refractivity contribution in [3.05, 3.63) is 23.8 Å². The Hall–Kier alpha value is -1.73. The third-order valence-electron chi connectivity index (χ3n) is 2.30. The van der Waals surface area contributed by atoms with E-state index in [1.807, 2.05) is 0 Å². The molecule has 2 N–H and O–H groups in total. The van der Waals surface area contributed by atoms with E-state index in [0.29, 0.717) is 0 Å². The Balaban J connectivity index is 3.04. The van der Waals surface area contributed by atoms with Crippen molar-refractivity contribution in [3.8, 4) is 0 Å². The van der Waals surface area contributed by atoms with Gasteiger partial charge in [-0.2, -0.15) is 0 Å². The Morgan fingerprint density at radius 2 is 1.87 bits per heavy atom. The van der Waals surface area contributed by atoms with E-state index in [-0.39, 0.29) is 15.5 Å². The van der Waals surface area contributed by atoms with Crippen molar-refractivity contribution in [1.82, 2.24) is 0 Å². The van der Waals surface area contributed by atoms with E-state index in [2.05, 4.69) is 5.32 Å². The van der Waals surface area contributed by atoms with Crippen molar-refractivity contribution < 1.29 is 32.6 Å². The third-order valence-corrected chi connectivity index (χ3v) is 4.48. The molecule has 0 saturated carbocycles. The minimum atomic E-state index is -4.54. The number of rotatable bonds is 4. The first-order valence-corrected chi connectivity index (χ1v) is 8.51. The molecule has 1 aromatic carbocycles. The maximum absolute atomic E-state index is 12.8. The van der Waals surface area contributed by atoms with Crippen molar-refractivity contribution in [2.45, 2.75) is 37.9 Å². The normalized spacial score (nSPS) is 11.9. The Morgan fingerprint density at radius 3 is 2.35 bits per heavy atom. The van der Waals surface area contributed by atoms with Gasteiger partial charge in [-0.1, -0.05) is 0 Å². The average molecular weight is 398 g/mol. The predicted octanol–water partition coefficient (Wildman–Crippen LogP) is 2.88. The molecule has 0 aliphatic rings. The molecule has 0 aliphatic heterocycles. The number of carbonyl (C=O) groups is 2. The Bertz CT molecular complexity index is 597. The monoisotopic (exact) mass is 399 g/mol. The van der Waals surface area contributed by atoms with Crippen LogP contribution in [-0.2, 0) is 15.7 Å². The summed E-state index contributed by atoms with van der Waals surface area (Å²) in [5.41, 5.74) is -1.54. The van der Waals surface area contributed by atoms with E-state index in [4.69, 9.17) is 9.84 Å². The van der Waals surface area contributed by atoms with Gasteiger partial charge in [-0.15, -0.1) is 0 Å². The van der Waals surface area contributed by atoms with Crippen molar-refractivity contribution in [3.63, 3.8) is 0 Å². The molecule has 128 valence electrons. The molecule has 0 bridgehead atoms. The van der Waals surface area contributed by atoms with E-state index in [9.17, 15) is 22.8 Å². The number of anilines is 1. The molecule has 23 heavy (non-hydrogen) atoms. The van der Waals surface area contributed by atoms with E-state index in [1.165, 1.54) is 0 Å². The van der Waals surface area contributed by atoms with Gasteiger partial charge in [0, 0.05) is 0 Å². The summed E-state index contributed by atoms with van der Waals surface area (Å²) in [5.74, 6) is -1.12. The summed E-state index contributed by atoms with van der Waals surface area (Å²) in [7, 11) is 0. The molecule has 0 fully saturated rings. The number of carboxylic acid groups (broad SMARTS) is 1. The van der Waals surface area contributed by atoms with Gasteiger partial charge in [0.05, 0.1) is 0 Å². The number of alkyl halides is 3. The van der Waals surface area contributed by atoms with Crippen LogP contribution in [0.15, 0.2) is 18.2 Å². The molecule has 0 aromatic heterocycles. The molecule has 0 heterocycles. The average Bonchev–Trinajstić information content (AvgIpc) is 2.33. The summed E-state index contributed by atoms with van der Waals surface area (Å²) in [6.07, 6.45) is -5.36. The van der Waals surface area contributed by atoms with Crippen LogP contribution in [0.4, 0.5) is 23.7 Å². The molecule has 0 saturated heterocycles. The van der Waals surface area contributed by atoms with E-state index < -0.39 is 44.4 Å². The van der Waals surface area contributed by atoms with Crippen LogP contribution < -0.4 is 9.78 Å². The van der Waals surface area contributed by atoms with Crippen LogP contribution in [0.2, 0.25) is 5.32 Å². The molecule has 0 aliphatic carbocycles. The van der Waals surface area contributed by atoms with Gasteiger partial charge < -0.3 is 0 Å². The summed E-state index contributed by atoms with van der Waals surface area (Å²) in [6.45, 7) is 4.94. The summed E-state index contributed by atoms with van der Waals surface area (Å²) in [6, 6.07) is 2.79. The first-order valence-electron chi connectivity index (χ1n) is 6.44. The number of nitrogens with one attached hydrogen (secondary N) is 1. The van der Waals surface area contributed by atoms with Crippen LogP contribution in [-0.4, -0.2) is 37.7 Å². The number of halogens is 3. The molecule has 0 unspecified atom stereocenters. The van der Waals surface area contributed by atoms with Gasteiger partial charge >= 0.3 is 137 Å². The van der Waals surface area contributed by atoms with Crippen LogP contribution in [0.5, 0.6) is 0 Å². The molecule has 0 atom stereocenters. The number of carbonyl (C=O) groups excluding carboxylic acids is 1. The Morgan fingerprint density at radius 1 is 1.26 bits per heavy atom. The quantitative estimate of drug-likeness (QED) is 0.765. The number of ether oxygens (including phenoxy) is 1.